The maximum absolute atomic E-state index is 12.5. The number of esters is 1. The third-order valence-electron chi connectivity index (χ3n) is 4.17. The molecule has 1 atom stereocenters. The molecule has 0 bridgehead atoms. The Morgan fingerprint density at radius 2 is 1.50 bits per heavy atom. The summed E-state index contributed by atoms with van der Waals surface area (Å²) in [6.07, 6.45) is 0. The Hall–Kier alpha value is -2.52. The summed E-state index contributed by atoms with van der Waals surface area (Å²) < 4.78 is 5.97. The first-order valence-electron chi connectivity index (χ1n) is 7.83. The second-order valence-electron chi connectivity index (χ2n) is 5.83. The molecule has 0 spiro atoms. The van der Waals surface area contributed by atoms with E-state index in [0.717, 1.165) is 16.0 Å². The van der Waals surface area contributed by atoms with Gasteiger partial charge in [0.15, 0.2) is 0 Å². The number of hydrogen-bond acceptors (Lipinski definition) is 3. The van der Waals surface area contributed by atoms with Crippen LogP contribution < -0.4 is 0 Å². The molecule has 0 saturated heterocycles. The Labute approximate surface area is 145 Å². The van der Waals surface area contributed by atoms with Gasteiger partial charge < -0.3 is 4.74 Å². The number of fused-ring (bicyclic) bond motifs is 1. The zero-order valence-electron chi connectivity index (χ0n) is 13.2. The van der Waals surface area contributed by atoms with Gasteiger partial charge in [-0.2, -0.15) is 0 Å². The summed E-state index contributed by atoms with van der Waals surface area (Å²) in [4.78, 5) is 12.7. The molecule has 0 aromatic heterocycles. The highest BCUT2D eigenvalue weighted by Crippen LogP contribution is 2.52. The third kappa shape index (κ3) is 2.42. The molecule has 1 unspecified atom stereocenters. The van der Waals surface area contributed by atoms with Crippen molar-refractivity contribution in [2.45, 2.75) is 16.8 Å². The molecule has 0 amide bonds. The van der Waals surface area contributed by atoms with E-state index in [2.05, 4.69) is 19.1 Å². The second-order valence-corrected chi connectivity index (χ2v) is 7.08. The zero-order chi connectivity index (χ0) is 16.6. The van der Waals surface area contributed by atoms with E-state index in [-0.39, 0.29) is 5.97 Å². The number of hydrogen-bond donors (Lipinski definition) is 0. The molecule has 0 radical (unpaired) electrons. The predicted molar refractivity (Wildman–Crippen MR) is 96.1 cm³/mol. The number of carbonyl (C=O) groups excluding carboxylic acids is 1. The molecule has 0 N–H and O–H groups in total. The van der Waals surface area contributed by atoms with Crippen LogP contribution in [0, 0.1) is 6.92 Å². The standard InChI is InChI=1S/C21H16O2S/c1-15-11-13-16(14-12-15)21(24-17-7-3-2-4-8-17)19-10-6-5-9-18(19)20(22)23-21/h2-14H,1H3. The molecular weight excluding hydrogens is 316 g/mol. The largest absolute Gasteiger partial charge is 0.435 e. The molecule has 1 aliphatic heterocycles. The van der Waals surface area contributed by atoms with Crippen LogP contribution >= 0.6 is 11.8 Å². The lowest BCUT2D eigenvalue weighted by Crippen LogP contribution is -2.23. The number of benzene rings is 3. The van der Waals surface area contributed by atoms with Gasteiger partial charge in [0.25, 0.3) is 0 Å². The molecule has 3 aromatic rings. The van der Waals surface area contributed by atoms with E-state index in [1.54, 1.807) is 11.8 Å². The van der Waals surface area contributed by atoms with Crippen LogP contribution in [0.3, 0.4) is 0 Å². The lowest BCUT2D eigenvalue weighted by atomic mass is 9.98. The molecule has 3 heteroatoms. The van der Waals surface area contributed by atoms with Crippen molar-refractivity contribution in [3.8, 4) is 0 Å². The summed E-state index contributed by atoms with van der Waals surface area (Å²) in [5.74, 6) is -0.269. The molecule has 1 heterocycles. The summed E-state index contributed by atoms with van der Waals surface area (Å²) in [5.41, 5.74) is 3.70. The summed E-state index contributed by atoms with van der Waals surface area (Å²) >= 11 is 1.56. The Bertz CT molecular complexity index is 887. The first kappa shape index (κ1) is 15.0. The van der Waals surface area contributed by atoms with Gasteiger partial charge in [-0.1, -0.05) is 78.0 Å². The van der Waals surface area contributed by atoms with Crippen molar-refractivity contribution in [2.24, 2.45) is 0 Å². The van der Waals surface area contributed by atoms with Crippen molar-refractivity contribution in [2.75, 3.05) is 0 Å². The lowest BCUT2D eigenvalue weighted by Gasteiger charge is -2.29. The predicted octanol–water partition coefficient (Wildman–Crippen LogP) is 5.16. The van der Waals surface area contributed by atoms with Crippen LogP contribution in [0.5, 0.6) is 0 Å². The van der Waals surface area contributed by atoms with Gasteiger partial charge in [0, 0.05) is 16.0 Å². The fourth-order valence-corrected chi connectivity index (χ4v) is 4.25. The monoisotopic (exact) mass is 332 g/mol. The average molecular weight is 332 g/mol. The van der Waals surface area contributed by atoms with Gasteiger partial charge in [-0.05, 0) is 25.1 Å². The third-order valence-corrected chi connectivity index (χ3v) is 5.51. The van der Waals surface area contributed by atoms with E-state index < -0.39 is 4.93 Å². The van der Waals surface area contributed by atoms with Gasteiger partial charge in [-0.25, -0.2) is 4.79 Å². The van der Waals surface area contributed by atoms with Crippen molar-refractivity contribution in [1.82, 2.24) is 0 Å². The van der Waals surface area contributed by atoms with Gasteiger partial charge in [0.05, 0.1) is 5.56 Å². The van der Waals surface area contributed by atoms with Crippen molar-refractivity contribution in [3.05, 3.63) is 101 Å². The summed E-state index contributed by atoms with van der Waals surface area (Å²) in [6.45, 7) is 2.05. The molecule has 4 rings (SSSR count). The van der Waals surface area contributed by atoms with Crippen LogP contribution in [0.25, 0.3) is 0 Å². The lowest BCUT2D eigenvalue weighted by molar-refractivity contribution is 0.0384. The van der Waals surface area contributed by atoms with E-state index in [0.29, 0.717) is 5.56 Å². The number of aryl methyl sites for hydroxylation is 1. The topological polar surface area (TPSA) is 26.3 Å². The molecule has 24 heavy (non-hydrogen) atoms. The second kappa shape index (κ2) is 5.84. The molecule has 0 fully saturated rings. The maximum Gasteiger partial charge on any atom is 0.340 e. The molecule has 0 saturated carbocycles. The Morgan fingerprint density at radius 3 is 2.25 bits per heavy atom. The van der Waals surface area contributed by atoms with Crippen LogP contribution in [-0.2, 0) is 9.67 Å². The summed E-state index contributed by atoms with van der Waals surface area (Å²) in [7, 11) is 0. The Morgan fingerprint density at radius 1 is 0.833 bits per heavy atom. The van der Waals surface area contributed by atoms with Gasteiger partial charge in [0.2, 0.25) is 4.93 Å². The highest BCUT2D eigenvalue weighted by Gasteiger charge is 2.47. The van der Waals surface area contributed by atoms with E-state index in [9.17, 15) is 4.79 Å². The van der Waals surface area contributed by atoms with Crippen molar-refractivity contribution < 1.29 is 9.53 Å². The molecule has 118 valence electrons. The highest BCUT2D eigenvalue weighted by atomic mass is 32.2. The van der Waals surface area contributed by atoms with E-state index in [1.807, 2.05) is 66.7 Å². The summed E-state index contributed by atoms with van der Waals surface area (Å²) in [5, 5.41) is 0. The number of carbonyl (C=O) groups is 1. The minimum Gasteiger partial charge on any atom is -0.435 e. The SMILES string of the molecule is Cc1ccc(C2(Sc3ccccc3)OC(=O)c3ccccc32)cc1. The minimum atomic E-state index is -0.845. The van der Waals surface area contributed by atoms with E-state index in [1.165, 1.54) is 5.56 Å². The van der Waals surface area contributed by atoms with Gasteiger partial charge in [-0.15, -0.1) is 0 Å². The molecule has 1 aliphatic rings. The van der Waals surface area contributed by atoms with E-state index in [4.69, 9.17) is 4.74 Å². The number of cyclic esters (lactones) is 1. The van der Waals surface area contributed by atoms with Gasteiger partial charge >= 0.3 is 5.97 Å². The molecule has 2 nitrogen and oxygen atoms in total. The molecular formula is C21H16O2S. The summed E-state index contributed by atoms with van der Waals surface area (Å²) in [6, 6.07) is 25.9. The first-order valence-corrected chi connectivity index (χ1v) is 8.65. The van der Waals surface area contributed by atoms with Crippen molar-refractivity contribution >= 4 is 17.7 Å². The van der Waals surface area contributed by atoms with Crippen LogP contribution in [-0.4, -0.2) is 5.97 Å². The normalized spacial score (nSPS) is 19.0. The fourth-order valence-electron chi connectivity index (χ4n) is 2.97. The smallest absolute Gasteiger partial charge is 0.340 e. The number of ether oxygens (including phenoxy) is 1. The maximum atomic E-state index is 12.5. The van der Waals surface area contributed by atoms with Gasteiger partial charge in [0.1, 0.15) is 0 Å². The van der Waals surface area contributed by atoms with Crippen LogP contribution in [0.15, 0.2) is 83.8 Å². The zero-order valence-corrected chi connectivity index (χ0v) is 14.0. The fraction of sp³-hybridized carbons (Fsp3) is 0.0952. The number of rotatable bonds is 3. The highest BCUT2D eigenvalue weighted by molar-refractivity contribution is 8.00. The first-order chi connectivity index (χ1) is 11.7. The van der Waals surface area contributed by atoms with Crippen LogP contribution in [0.2, 0.25) is 0 Å². The van der Waals surface area contributed by atoms with E-state index >= 15 is 0 Å². The Balaban J connectivity index is 1.91. The number of thioether (sulfide) groups is 1. The molecule has 0 aliphatic carbocycles. The quantitative estimate of drug-likeness (QED) is 0.620. The van der Waals surface area contributed by atoms with Crippen LogP contribution in [0.4, 0.5) is 0 Å². The Kier molecular flexibility index (Phi) is 3.66. The van der Waals surface area contributed by atoms with Crippen molar-refractivity contribution in [1.29, 1.82) is 0 Å². The van der Waals surface area contributed by atoms with Crippen molar-refractivity contribution in [3.63, 3.8) is 0 Å². The average Bonchev–Trinajstić information content (AvgIpc) is 2.90. The minimum absolute atomic E-state index is 0.269. The van der Waals surface area contributed by atoms with Crippen LogP contribution in [0.1, 0.15) is 27.0 Å². The van der Waals surface area contributed by atoms with Gasteiger partial charge in [-0.3, -0.25) is 0 Å². The molecule has 3 aromatic carbocycles.